The van der Waals surface area contributed by atoms with Crippen LogP contribution in [-0.4, -0.2) is 60.4 Å². The highest BCUT2D eigenvalue weighted by Crippen LogP contribution is 2.25. The summed E-state index contributed by atoms with van der Waals surface area (Å²) < 4.78 is 29.6. The van der Waals surface area contributed by atoms with Crippen LogP contribution in [0.3, 0.4) is 0 Å². The lowest BCUT2D eigenvalue weighted by Crippen LogP contribution is -2.46. The van der Waals surface area contributed by atoms with E-state index in [9.17, 15) is 13.2 Å². The van der Waals surface area contributed by atoms with Gasteiger partial charge in [0, 0.05) is 38.8 Å². The predicted molar refractivity (Wildman–Crippen MR) is 101 cm³/mol. The molecule has 3 aliphatic rings. The van der Waals surface area contributed by atoms with E-state index >= 15 is 0 Å². The predicted octanol–water partition coefficient (Wildman–Crippen LogP) is 0.488. The van der Waals surface area contributed by atoms with Crippen molar-refractivity contribution in [3.63, 3.8) is 0 Å². The third kappa shape index (κ3) is 4.05. The zero-order valence-corrected chi connectivity index (χ0v) is 16.5. The van der Waals surface area contributed by atoms with E-state index < -0.39 is 10.0 Å². The number of carbonyl (C=O) groups is 1. The molecule has 0 spiro atoms. The highest BCUT2D eigenvalue weighted by molar-refractivity contribution is 7.89. The highest BCUT2D eigenvalue weighted by Gasteiger charge is 2.33. The van der Waals surface area contributed by atoms with E-state index in [4.69, 9.17) is 0 Å². The molecule has 2 N–H and O–H groups in total. The van der Waals surface area contributed by atoms with Crippen LogP contribution in [0, 0.1) is 5.92 Å². The van der Waals surface area contributed by atoms with Crippen molar-refractivity contribution >= 4 is 15.9 Å². The molecular formula is C18H29N5O3S. The topological polar surface area (TPSA) is 96.3 Å². The van der Waals surface area contributed by atoms with E-state index in [1.54, 1.807) is 10.5 Å². The average molecular weight is 396 g/mol. The molecule has 2 saturated heterocycles. The molecule has 4 rings (SSSR count). The number of rotatable bonds is 5. The number of hydrogen-bond donors (Lipinski definition) is 2. The molecule has 2 atom stereocenters. The van der Waals surface area contributed by atoms with E-state index in [0.717, 1.165) is 63.9 Å². The molecule has 3 aliphatic heterocycles. The Kier molecular flexibility index (Phi) is 5.52. The monoisotopic (exact) mass is 395 g/mol. The third-order valence-corrected chi connectivity index (χ3v) is 7.65. The van der Waals surface area contributed by atoms with Gasteiger partial charge in [-0.2, -0.15) is 4.31 Å². The van der Waals surface area contributed by atoms with Crippen LogP contribution >= 0.6 is 0 Å². The van der Waals surface area contributed by atoms with Crippen LogP contribution in [0.15, 0.2) is 11.2 Å². The fourth-order valence-corrected chi connectivity index (χ4v) is 5.85. The van der Waals surface area contributed by atoms with E-state index in [1.807, 2.05) is 4.57 Å². The molecule has 2 unspecified atom stereocenters. The first-order chi connectivity index (χ1) is 13.0. The Morgan fingerprint density at radius 2 is 2.11 bits per heavy atom. The van der Waals surface area contributed by atoms with Gasteiger partial charge >= 0.3 is 0 Å². The molecule has 2 fully saturated rings. The third-order valence-electron chi connectivity index (χ3n) is 5.91. The van der Waals surface area contributed by atoms with Gasteiger partial charge in [0.1, 0.15) is 5.82 Å². The van der Waals surface area contributed by atoms with Gasteiger partial charge in [-0.3, -0.25) is 4.79 Å². The number of imidazole rings is 1. The van der Waals surface area contributed by atoms with Crippen LogP contribution in [0.5, 0.6) is 0 Å². The summed E-state index contributed by atoms with van der Waals surface area (Å²) in [6, 6.07) is -0.0923. The van der Waals surface area contributed by atoms with Crippen molar-refractivity contribution in [1.29, 1.82) is 0 Å². The first kappa shape index (κ1) is 18.9. The lowest BCUT2D eigenvalue weighted by molar-refractivity contribution is -0.123. The molecule has 8 nitrogen and oxygen atoms in total. The molecule has 1 amide bonds. The second-order valence-electron chi connectivity index (χ2n) is 7.91. The smallest absolute Gasteiger partial charge is 0.262 e. The molecule has 27 heavy (non-hydrogen) atoms. The summed E-state index contributed by atoms with van der Waals surface area (Å²) in [4.78, 5) is 16.6. The van der Waals surface area contributed by atoms with Crippen molar-refractivity contribution in [3.8, 4) is 0 Å². The number of fused-ring (bicyclic) bond motifs is 1. The fraction of sp³-hybridized carbons (Fsp3) is 0.778. The number of piperidine rings is 1. The van der Waals surface area contributed by atoms with Crippen molar-refractivity contribution in [2.45, 2.75) is 62.6 Å². The number of nitrogens with zero attached hydrogens (tertiary/aromatic N) is 3. The number of amides is 1. The molecule has 150 valence electrons. The Labute approximate surface area is 160 Å². The van der Waals surface area contributed by atoms with Gasteiger partial charge in [-0.25, -0.2) is 13.4 Å². The highest BCUT2D eigenvalue weighted by atomic mass is 32.2. The summed E-state index contributed by atoms with van der Waals surface area (Å²) in [7, 11) is -3.57. The maximum absolute atomic E-state index is 13.1. The van der Waals surface area contributed by atoms with E-state index in [2.05, 4.69) is 15.6 Å². The number of hydrogen-bond acceptors (Lipinski definition) is 5. The van der Waals surface area contributed by atoms with Crippen LogP contribution in [0.2, 0.25) is 0 Å². The molecule has 0 aromatic carbocycles. The molecule has 9 heteroatoms. The molecule has 0 radical (unpaired) electrons. The number of nitrogens with one attached hydrogen (secondary N) is 2. The largest absolute Gasteiger partial charge is 0.354 e. The quantitative estimate of drug-likeness (QED) is 0.756. The molecule has 1 aromatic heterocycles. The van der Waals surface area contributed by atoms with Crippen molar-refractivity contribution in [3.05, 3.63) is 12.0 Å². The molecule has 4 heterocycles. The summed E-state index contributed by atoms with van der Waals surface area (Å²) >= 11 is 0. The SMILES string of the molecule is O=C(NCC1CCCN(S(=O)(=O)c2cn3c(n2)CCCC3)C1)C1CCCN1. The van der Waals surface area contributed by atoms with Crippen molar-refractivity contribution in [2.75, 3.05) is 26.2 Å². The number of sulfonamides is 1. The molecule has 1 aromatic rings. The maximum Gasteiger partial charge on any atom is 0.262 e. The van der Waals surface area contributed by atoms with Crippen LogP contribution < -0.4 is 10.6 Å². The van der Waals surface area contributed by atoms with Gasteiger partial charge in [-0.15, -0.1) is 0 Å². The van der Waals surface area contributed by atoms with Gasteiger partial charge in [0.05, 0.1) is 6.04 Å². The number of aryl methyl sites for hydroxylation is 2. The fourth-order valence-electron chi connectivity index (χ4n) is 4.33. The van der Waals surface area contributed by atoms with Crippen LogP contribution in [0.4, 0.5) is 0 Å². The number of carbonyl (C=O) groups excluding carboxylic acids is 1. The van der Waals surface area contributed by atoms with Gasteiger partial charge < -0.3 is 15.2 Å². The normalized spacial score (nSPS) is 26.7. The average Bonchev–Trinajstić information content (AvgIpc) is 3.36. The molecule has 0 bridgehead atoms. The molecular weight excluding hydrogens is 366 g/mol. The van der Waals surface area contributed by atoms with Gasteiger partial charge in [-0.05, 0) is 51.0 Å². The molecule has 0 saturated carbocycles. The summed E-state index contributed by atoms with van der Waals surface area (Å²) in [5.41, 5.74) is 0. The summed E-state index contributed by atoms with van der Waals surface area (Å²) in [5.74, 6) is 1.06. The van der Waals surface area contributed by atoms with Gasteiger partial charge in [0.15, 0.2) is 5.03 Å². The Balaban J connectivity index is 1.38. The lowest BCUT2D eigenvalue weighted by atomic mass is 9.99. The van der Waals surface area contributed by atoms with Crippen molar-refractivity contribution < 1.29 is 13.2 Å². The van der Waals surface area contributed by atoms with Crippen LogP contribution in [0.1, 0.15) is 44.3 Å². The summed E-state index contributed by atoms with van der Waals surface area (Å²) in [5, 5.41) is 6.38. The zero-order chi connectivity index (χ0) is 18.9. The van der Waals surface area contributed by atoms with E-state index in [0.29, 0.717) is 19.6 Å². The standard InChI is InChI=1S/C18H29N5O3S/c24-18(15-6-3-8-19-15)20-11-14-5-4-10-23(12-14)27(25,26)17-13-22-9-2-1-7-16(22)21-17/h13-15,19H,1-12H2,(H,20,24). The van der Waals surface area contributed by atoms with Crippen molar-refractivity contribution in [2.24, 2.45) is 5.92 Å². The lowest BCUT2D eigenvalue weighted by Gasteiger charge is -2.31. The second-order valence-corrected chi connectivity index (χ2v) is 9.80. The van der Waals surface area contributed by atoms with Gasteiger partial charge in [-0.1, -0.05) is 0 Å². The zero-order valence-electron chi connectivity index (χ0n) is 15.7. The Hall–Kier alpha value is -1.45. The van der Waals surface area contributed by atoms with Gasteiger partial charge in [0.2, 0.25) is 5.91 Å². The number of aromatic nitrogens is 2. The van der Waals surface area contributed by atoms with Crippen LogP contribution in [0.25, 0.3) is 0 Å². The van der Waals surface area contributed by atoms with Crippen LogP contribution in [-0.2, 0) is 27.8 Å². The first-order valence-electron chi connectivity index (χ1n) is 10.1. The second kappa shape index (κ2) is 7.89. The Morgan fingerprint density at radius 1 is 1.22 bits per heavy atom. The minimum absolute atomic E-state index is 0.0363. The van der Waals surface area contributed by atoms with Crippen molar-refractivity contribution in [1.82, 2.24) is 24.5 Å². The Morgan fingerprint density at radius 3 is 2.89 bits per heavy atom. The summed E-state index contributed by atoms with van der Waals surface area (Å²) in [6.07, 6.45) is 8.34. The maximum atomic E-state index is 13.1. The minimum atomic E-state index is -3.57. The first-order valence-corrected chi connectivity index (χ1v) is 11.6. The Bertz CT molecular complexity index is 761. The summed E-state index contributed by atoms with van der Waals surface area (Å²) in [6.45, 7) is 3.24. The van der Waals surface area contributed by atoms with E-state index in [-0.39, 0.29) is 22.9 Å². The minimum Gasteiger partial charge on any atom is -0.354 e. The van der Waals surface area contributed by atoms with E-state index in [1.165, 1.54) is 0 Å². The van der Waals surface area contributed by atoms with Gasteiger partial charge in [0.25, 0.3) is 10.0 Å². The molecule has 0 aliphatic carbocycles.